The largest absolute Gasteiger partial charge is 0.497 e. The van der Waals surface area contributed by atoms with Gasteiger partial charge in [0.05, 0.1) is 25.2 Å². The highest BCUT2D eigenvalue weighted by Gasteiger charge is 2.38. The molecule has 2 heterocycles. The van der Waals surface area contributed by atoms with E-state index in [1.54, 1.807) is 52.3 Å². The fraction of sp³-hybridized carbons (Fsp3) is 0.300. The van der Waals surface area contributed by atoms with Gasteiger partial charge < -0.3 is 24.5 Å². The third kappa shape index (κ3) is 3.16. The van der Waals surface area contributed by atoms with Gasteiger partial charge in [-0.25, -0.2) is 4.79 Å². The first-order valence-electron chi connectivity index (χ1n) is 8.58. The Morgan fingerprint density at radius 1 is 1.33 bits per heavy atom. The summed E-state index contributed by atoms with van der Waals surface area (Å²) in [5, 5.41) is 0. The zero-order chi connectivity index (χ0) is 19.7. The zero-order valence-corrected chi connectivity index (χ0v) is 15.7. The summed E-state index contributed by atoms with van der Waals surface area (Å²) in [7, 11) is 3.22. The van der Waals surface area contributed by atoms with E-state index >= 15 is 0 Å². The third-order valence-corrected chi connectivity index (χ3v) is 4.65. The molecule has 0 amide bonds. The molecule has 0 aliphatic carbocycles. The smallest absolute Gasteiger partial charge is 0.340 e. The van der Waals surface area contributed by atoms with Crippen LogP contribution in [0.15, 0.2) is 46.6 Å². The van der Waals surface area contributed by atoms with Crippen LogP contribution >= 0.6 is 0 Å². The second kappa shape index (κ2) is 7.19. The minimum atomic E-state index is -0.720. The molecule has 0 fully saturated rings. The summed E-state index contributed by atoms with van der Waals surface area (Å²) in [6, 6.07) is 8.90. The number of hydrogen-bond acceptors (Lipinski definition) is 6. The van der Waals surface area contributed by atoms with E-state index in [1.165, 1.54) is 4.57 Å². The van der Waals surface area contributed by atoms with Crippen LogP contribution in [-0.4, -0.2) is 24.3 Å². The second-order valence-corrected chi connectivity index (χ2v) is 6.24. The molecule has 1 atom stereocenters. The third-order valence-electron chi connectivity index (χ3n) is 4.65. The molecule has 0 saturated heterocycles. The predicted octanol–water partition coefficient (Wildman–Crippen LogP) is 1.96. The number of nitrogens with zero attached hydrogens (tertiary/aromatic N) is 1. The van der Waals surface area contributed by atoms with Gasteiger partial charge >= 0.3 is 5.97 Å². The van der Waals surface area contributed by atoms with E-state index in [2.05, 4.69) is 0 Å². The van der Waals surface area contributed by atoms with E-state index in [-0.39, 0.29) is 23.6 Å². The Hall–Kier alpha value is -3.22. The molecular formula is C20H22N2O5. The average Bonchev–Trinajstić information content (AvgIpc) is 2.65. The lowest BCUT2D eigenvalue weighted by Crippen LogP contribution is -2.34. The van der Waals surface area contributed by atoms with Gasteiger partial charge in [0.2, 0.25) is 5.88 Å². The van der Waals surface area contributed by atoms with Crippen molar-refractivity contribution in [1.82, 2.24) is 4.57 Å². The van der Waals surface area contributed by atoms with E-state index in [0.717, 1.165) is 5.69 Å². The van der Waals surface area contributed by atoms with Crippen LogP contribution in [-0.2, 0) is 16.6 Å². The molecule has 0 radical (unpaired) electrons. The van der Waals surface area contributed by atoms with Crippen molar-refractivity contribution in [2.75, 3.05) is 13.7 Å². The molecule has 2 aromatic rings. The lowest BCUT2D eigenvalue weighted by atomic mass is 9.83. The first kappa shape index (κ1) is 18.6. The molecule has 1 aliphatic rings. The van der Waals surface area contributed by atoms with Crippen LogP contribution in [0.2, 0.25) is 0 Å². The van der Waals surface area contributed by atoms with Crippen LogP contribution in [0.1, 0.15) is 29.7 Å². The van der Waals surface area contributed by atoms with E-state index < -0.39 is 11.9 Å². The number of hydrogen-bond donors (Lipinski definition) is 1. The highest BCUT2D eigenvalue weighted by Crippen LogP contribution is 2.41. The highest BCUT2D eigenvalue weighted by molar-refractivity contribution is 5.92. The van der Waals surface area contributed by atoms with Gasteiger partial charge in [-0.05, 0) is 31.5 Å². The zero-order valence-electron chi connectivity index (χ0n) is 15.7. The molecule has 7 nitrogen and oxygen atoms in total. The Labute approximate surface area is 157 Å². The Bertz CT molecular complexity index is 990. The molecule has 0 saturated carbocycles. The SMILES string of the molecule is CCOC(=O)C1=C(N)Oc2cc(C)n(C)c(=O)c2C1c1cccc(OC)c1. The van der Waals surface area contributed by atoms with E-state index in [4.69, 9.17) is 19.9 Å². The van der Waals surface area contributed by atoms with Crippen LogP contribution in [0.25, 0.3) is 0 Å². The Morgan fingerprint density at radius 2 is 2.07 bits per heavy atom. The molecule has 27 heavy (non-hydrogen) atoms. The van der Waals surface area contributed by atoms with Gasteiger partial charge in [0.15, 0.2) is 0 Å². The van der Waals surface area contributed by atoms with Gasteiger partial charge in [-0.2, -0.15) is 0 Å². The number of aryl methyl sites for hydroxylation is 1. The molecule has 1 aromatic carbocycles. The van der Waals surface area contributed by atoms with Gasteiger partial charge in [-0.1, -0.05) is 12.1 Å². The number of carbonyl (C=O) groups is 1. The monoisotopic (exact) mass is 370 g/mol. The summed E-state index contributed by atoms with van der Waals surface area (Å²) in [5.74, 6) is -0.458. The van der Waals surface area contributed by atoms with Crippen molar-refractivity contribution in [2.24, 2.45) is 12.8 Å². The predicted molar refractivity (Wildman–Crippen MR) is 99.7 cm³/mol. The number of benzene rings is 1. The number of methoxy groups -OCH3 is 1. The molecule has 0 spiro atoms. The number of ether oxygens (including phenoxy) is 3. The molecular weight excluding hydrogens is 348 g/mol. The van der Waals surface area contributed by atoms with Crippen LogP contribution in [0.5, 0.6) is 11.5 Å². The average molecular weight is 370 g/mol. The van der Waals surface area contributed by atoms with Crippen molar-refractivity contribution in [3.8, 4) is 11.5 Å². The van der Waals surface area contributed by atoms with Crippen molar-refractivity contribution >= 4 is 5.97 Å². The quantitative estimate of drug-likeness (QED) is 0.827. The van der Waals surface area contributed by atoms with E-state index in [1.807, 2.05) is 6.07 Å². The summed E-state index contributed by atoms with van der Waals surface area (Å²) in [5.41, 5.74) is 7.68. The standard InChI is InChI=1S/C20H22N2O5/c1-5-26-20(24)17-15(12-7-6-8-13(10-12)25-4)16-14(27-18(17)21)9-11(2)22(3)19(16)23/h6-10,15H,5,21H2,1-4H3. The molecule has 142 valence electrons. The molecule has 2 N–H and O–H groups in total. The van der Waals surface area contributed by atoms with Crippen LogP contribution in [0, 0.1) is 6.92 Å². The topological polar surface area (TPSA) is 92.8 Å². The van der Waals surface area contributed by atoms with Crippen LogP contribution in [0.3, 0.4) is 0 Å². The minimum absolute atomic E-state index is 0.0681. The van der Waals surface area contributed by atoms with E-state index in [9.17, 15) is 9.59 Å². The minimum Gasteiger partial charge on any atom is -0.497 e. The Balaban J connectivity index is 2.31. The van der Waals surface area contributed by atoms with Crippen LogP contribution < -0.4 is 20.8 Å². The van der Waals surface area contributed by atoms with Crippen molar-refractivity contribution in [3.63, 3.8) is 0 Å². The van der Waals surface area contributed by atoms with Gasteiger partial charge in [0.1, 0.15) is 17.1 Å². The number of pyridine rings is 1. The van der Waals surface area contributed by atoms with Gasteiger partial charge in [0.25, 0.3) is 5.56 Å². The summed E-state index contributed by atoms with van der Waals surface area (Å²) in [6.07, 6.45) is 0. The molecule has 1 aliphatic heterocycles. The normalized spacial score (nSPS) is 15.8. The first-order chi connectivity index (χ1) is 12.9. The van der Waals surface area contributed by atoms with Gasteiger partial charge in [-0.3, -0.25) is 4.79 Å². The molecule has 0 bridgehead atoms. The van der Waals surface area contributed by atoms with Crippen LogP contribution in [0.4, 0.5) is 0 Å². The second-order valence-electron chi connectivity index (χ2n) is 6.24. The number of fused-ring (bicyclic) bond motifs is 1. The summed E-state index contributed by atoms with van der Waals surface area (Å²) in [4.78, 5) is 25.7. The van der Waals surface area contributed by atoms with Crippen molar-refractivity contribution in [2.45, 2.75) is 19.8 Å². The maximum absolute atomic E-state index is 13.0. The Morgan fingerprint density at radius 3 is 2.74 bits per heavy atom. The molecule has 1 aromatic heterocycles. The molecule has 1 unspecified atom stereocenters. The fourth-order valence-corrected chi connectivity index (χ4v) is 3.20. The highest BCUT2D eigenvalue weighted by atomic mass is 16.5. The number of nitrogens with two attached hydrogens (primary N) is 1. The van der Waals surface area contributed by atoms with E-state index in [0.29, 0.717) is 22.6 Å². The summed E-state index contributed by atoms with van der Waals surface area (Å²) < 4.78 is 17.6. The summed E-state index contributed by atoms with van der Waals surface area (Å²) >= 11 is 0. The number of rotatable bonds is 4. The fourth-order valence-electron chi connectivity index (χ4n) is 3.20. The first-order valence-corrected chi connectivity index (χ1v) is 8.58. The number of aromatic nitrogens is 1. The Kier molecular flexibility index (Phi) is 4.94. The van der Waals surface area contributed by atoms with Gasteiger partial charge in [0, 0.05) is 18.8 Å². The van der Waals surface area contributed by atoms with Crippen molar-refractivity contribution in [1.29, 1.82) is 0 Å². The number of carbonyl (C=O) groups excluding carboxylic acids is 1. The molecule has 7 heteroatoms. The lowest BCUT2D eigenvalue weighted by molar-refractivity contribution is -0.139. The maximum atomic E-state index is 13.0. The van der Waals surface area contributed by atoms with Gasteiger partial charge in [-0.15, -0.1) is 0 Å². The lowest BCUT2D eigenvalue weighted by Gasteiger charge is -2.28. The van der Waals surface area contributed by atoms with Crippen molar-refractivity contribution in [3.05, 3.63) is 69.0 Å². The maximum Gasteiger partial charge on any atom is 0.340 e. The summed E-state index contributed by atoms with van der Waals surface area (Å²) in [6.45, 7) is 3.68. The van der Waals surface area contributed by atoms with Crippen molar-refractivity contribution < 1.29 is 19.0 Å². The number of esters is 1. The molecule has 3 rings (SSSR count).